The number of nitrogens with zero attached hydrogens (tertiary/aromatic N) is 1. The summed E-state index contributed by atoms with van der Waals surface area (Å²) in [4.78, 5) is 13.0. The van der Waals surface area contributed by atoms with E-state index in [1.54, 1.807) is 11.9 Å². The molecule has 1 heterocycles. The molecule has 4 nitrogen and oxygen atoms in total. The van der Waals surface area contributed by atoms with Crippen LogP contribution >= 0.6 is 0 Å². The summed E-state index contributed by atoms with van der Waals surface area (Å²) < 4.78 is 5.85. The van der Waals surface area contributed by atoms with Crippen LogP contribution in [0, 0.1) is 5.92 Å². The zero-order valence-electron chi connectivity index (χ0n) is 13.4. The number of amides is 1. The van der Waals surface area contributed by atoms with E-state index >= 15 is 0 Å². The molecule has 1 aliphatic heterocycles. The van der Waals surface area contributed by atoms with Crippen molar-refractivity contribution < 1.29 is 14.6 Å². The molecule has 0 spiro atoms. The molecule has 0 unspecified atom stereocenters. The third kappa shape index (κ3) is 3.22. The van der Waals surface area contributed by atoms with Crippen LogP contribution in [0.15, 0.2) is 48.5 Å². The lowest BCUT2D eigenvalue weighted by atomic mass is 9.88. The van der Waals surface area contributed by atoms with Gasteiger partial charge in [0.25, 0.3) is 0 Å². The minimum Gasteiger partial charge on any atom is -0.493 e. The third-order valence-electron chi connectivity index (χ3n) is 4.42. The highest BCUT2D eigenvalue weighted by Gasteiger charge is 2.30. The van der Waals surface area contributed by atoms with Gasteiger partial charge in [-0.2, -0.15) is 0 Å². The molecule has 0 saturated carbocycles. The molecule has 0 radical (unpaired) electrons. The van der Waals surface area contributed by atoms with Gasteiger partial charge < -0.3 is 14.7 Å². The zero-order valence-corrected chi connectivity index (χ0v) is 13.4. The minimum atomic E-state index is -0.560. The maximum Gasteiger partial charge on any atom is 0.223 e. The number of carbonyl (C=O) groups is 1. The molecular weight excluding hydrogens is 290 g/mol. The van der Waals surface area contributed by atoms with E-state index in [1.165, 1.54) is 12.5 Å². The number of benzene rings is 2. The van der Waals surface area contributed by atoms with Crippen molar-refractivity contribution in [3.05, 3.63) is 59.7 Å². The molecule has 2 aromatic carbocycles. The molecule has 1 aliphatic rings. The van der Waals surface area contributed by atoms with Gasteiger partial charge in [-0.1, -0.05) is 36.4 Å². The Hall–Kier alpha value is -2.33. The molecule has 0 aromatic heterocycles. The van der Waals surface area contributed by atoms with Crippen molar-refractivity contribution in [2.24, 2.45) is 5.92 Å². The summed E-state index contributed by atoms with van der Waals surface area (Å²) in [5, 5.41) is 10.7. The maximum atomic E-state index is 11.5. The largest absolute Gasteiger partial charge is 0.493 e. The van der Waals surface area contributed by atoms with E-state index in [0.29, 0.717) is 12.4 Å². The van der Waals surface area contributed by atoms with Crippen LogP contribution in [0.5, 0.6) is 5.75 Å². The van der Waals surface area contributed by atoms with Gasteiger partial charge in [0.1, 0.15) is 5.75 Å². The molecule has 3 rings (SSSR count). The second-order valence-corrected chi connectivity index (χ2v) is 6.01. The second-order valence-electron chi connectivity index (χ2n) is 6.01. The number of ether oxygens (including phenoxy) is 1. The molecule has 0 aliphatic carbocycles. The van der Waals surface area contributed by atoms with Crippen molar-refractivity contribution in [1.82, 2.24) is 0 Å². The number of hydrogen-bond acceptors (Lipinski definition) is 3. The number of rotatable bonds is 3. The van der Waals surface area contributed by atoms with Crippen molar-refractivity contribution >= 4 is 11.6 Å². The van der Waals surface area contributed by atoms with E-state index in [9.17, 15) is 9.90 Å². The fraction of sp³-hybridized carbons (Fsp3) is 0.316. The summed E-state index contributed by atoms with van der Waals surface area (Å²) in [6, 6.07) is 15.6. The maximum absolute atomic E-state index is 11.5. The molecule has 2 atom stereocenters. The fourth-order valence-electron chi connectivity index (χ4n) is 2.91. The van der Waals surface area contributed by atoms with Crippen LogP contribution in [0.25, 0.3) is 0 Å². The quantitative estimate of drug-likeness (QED) is 0.948. The number of anilines is 1. The summed E-state index contributed by atoms with van der Waals surface area (Å²) in [5.41, 5.74) is 2.75. The van der Waals surface area contributed by atoms with Gasteiger partial charge in [-0.3, -0.25) is 4.79 Å². The van der Waals surface area contributed by atoms with Gasteiger partial charge in [0.15, 0.2) is 0 Å². The number of aliphatic hydroxyl groups is 1. The Morgan fingerprint density at radius 3 is 2.70 bits per heavy atom. The monoisotopic (exact) mass is 311 g/mol. The number of carbonyl (C=O) groups excluding carboxylic acids is 1. The lowest BCUT2D eigenvalue weighted by molar-refractivity contribution is -0.116. The normalized spacial score (nSPS) is 19.6. The number of aliphatic hydroxyl groups excluding tert-OH is 1. The van der Waals surface area contributed by atoms with E-state index in [-0.39, 0.29) is 11.8 Å². The molecule has 2 aromatic rings. The van der Waals surface area contributed by atoms with Crippen molar-refractivity contribution in [2.75, 3.05) is 18.6 Å². The van der Waals surface area contributed by atoms with Crippen LogP contribution in [0.1, 0.15) is 24.2 Å². The molecule has 0 saturated heterocycles. The van der Waals surface area contributed by atoms with E-state index < -0.39 is 6.10 Å². The number of fused-ring (bicyclic) bond motifs is 1. The molecule has 4 heteroatoms. The third-order valence-corrected chi connectivity index (χ3v) is 4.42. The van der Waals surface area contributed by atoms with E-state index in [4.69, 9.17) is 4.74 Å². The van der Waals surface area contributed by atoms with Gasteiger partial charge >= 0.3 is 0 Å². The first-order valence-corrected chi connectivity index (χ1v) is 7.79. The summed E-state index contributed by atoms with van der Waals surface area (Å²) in [5.74, 6) is 0.650. The second kappa shape index (κ2) is 6.42. The topological polar surface area (TPSA) is 49.8 Å². The Kier molecular flexibility index (Phi) is 4.35. The molecule has 0 bridgehead atoms. The molecule has 1 N–H and O–H groups in total. The van der Waals surface area contributed by atoms with Crippen LogP contribution in [0.2, 0.25) is 0 Å². The highest BCUT2D eigenvalue weighted by atomic mass is 16.5. The Labute approximate surface area is 136 Å². The van der Waals surface area contributed by atoms with Crippen molar-refractivity contribution in [2.45, 2.75) is 19.4 Å². The van der Waals surface area contributed by atoms with Crippen LogP contribution in [-0.4, -0.2) is 24.7 Å². The predicted octanol–water partition coefficient (Wildman–Crippen LogP) is 2.95. The van der Waals surface area contributed by atoms with E-state index in [1.807, 2.05) is 36.4 Å². The summed E-state index contributed by atoms with van der Waals surface area (Å²) >= 11 is 0. The standard InChI is InChI=1S/C19H21NO3/c1-13(21)20(2)16-8-9-17-18(11-16)23-12-15(19(17)22)10-14-6-4-3-5-7-14/h3-9,11,15,19,22H,10,12H2,1-2H3/t15-,19+/m1/s1. The predicted molar refractivity (Wildman–Crippen MR) is 89.6 cm³/mol. The average molecular weight is 311 g/mol. The van der Waals surface area contributed by atoms with E-state index in [0.717, 1.165) is 17.7 Å². The first-order valence-electron chi connectivity index (χ1n) is 7.79. The Bertz CT molecular complexity index is 699. The fourth-order valence-corrected chi connectivity index (χ4v) is 2.91. The highest BCUT2D eigenvalue weighted by Crippen LogP contribution is 2.38. The Morgan fingerprint density at radius 1 is 1.26 bits per heavy atom. The zero-order chi connectivity index (χ0) is 16.4. The van der Waals surface area contributed by atoms with Gasteiger partial charge in [0.05, 0.1) is 12.7 Å². The van der Waals surface area contributed by atoms with Gasteiger partial charge in [-0.25, -0.2) is 0 Å². The lowest BCUT2D eigenvalue weighted by Gasteiger charge is -2.31. The Balaban J connectivity index is 1.80. The summed E-state index contributed by atoms with van der Waals surface area (Å²) in [6.45, 7) is 1.99. The van der Waals surface area contributed by atoms with Crippen molar-refractivity contribution in [3.63, 3.8) is 0 Å². The molecular formula is C19H21NO3. The first-order chi connectivity index (χ1) is 11.1. The van der Waals surface area contributed by atoms with Gasteiger partial charge in [0.2, 0.25) is 5.91 Å². The van der Waals surface area contributed by atoms with Crippen LogP contribution in [-0.2, 0) is 11.2 Å². The van der Waals surface area contributed by atoms with Crippen LogP contribution in [0.3, 0.4) is 0 Å². The minimum absolute atomic E-state index is 0.0290. The molecule has 23 heavy (non-hydrogen) atoms. The van der Waals surface area contributed by atoms with E-state index in [2.05, 4.69) is 12.1 Å². The van der Waals surface area contributed by atoms with Crippen LogP contribution in [0.4, 0.5) is 5.69 Å². The Morgan fingerprint density at radius 2 is 2.00 bits per heavy atom. The SMILES string of the molecule is CC(=O)N(C)c1ccc2c(c1)OC[C@@H](Cc1ccccc1)[C@@H]2O. The van der Waals surface area contributed by atoms with Crippen molar-refractivity contribution in [1.29, 1.82) is 0 Å². The van der Waals surface area contributed by atoms with Crippen LogP contribution < -0.4 is 9.64 Å². The van der Waals surface area contributed by atoms with Gasteiger partial charge in [-0.15, -0.1) is 0 Å². The highest BCUT2D eigenvalue weighted by molar-refractivity contribution is 5.91. The van der Waals surface area contributed by atoms with Gasteiger partial charge in [-0.05, 0) is 18.1 Å². The summed E-state index contributed by atoms with van der Waals surface area (Å²) in [7, 11) is 1.72. The summed E-state index contributed by atoms with van der Waals surface area (Å²) in [6.07, 6.45) is 0.215. The number of hydrogen-bond donors (Lipinski definition) is 1. The first kappa shape index (κ1) is 15.6. The van der Waals surface area contributed by atoms with Crippen molar-refractivity contribution in [3.8, 4) is 5.75 Å². The smallest absolute Gasteiger partial charge is 0.223 e. The lowest BCUT2D eigenvalue weighted by Crippen LogP contribution is -2.28. The average Bonchev–Trinajstić information content (AvgIpc) is 2.57. The van der Waals surface area contributed by atoms with Gasteiger partial charge in [0, 0.05) is 37.2 Å². The molecule has 120 valence electrons. The molecule has 1 amide bonds. The molecule has 0 fully saturated rings.